The number of hydrogen-bond donors (Lipinski definition) is 1. The van der Waals surface area contributed by atoms with Gasteiger partial charge in [-0.25, -0.2) is 18.9 Å². The van der Waals surface area contributed by atoms with Gasteiger partial charge < -0.3 is 14.8 Å². The summed E-state index contributed by atoms with van der Waals surface area (Å²) < 4.78 is 15.7. The molecule has 2 saturated heterocycles. The number of hydrogen-bond acceptors (Lipinski definition) is 5. The van der Waals surface area contributed by atoms with Gasteiger partial charge in [0.15, 0.2) is 5.65 Å². The highest BCUT2D eigenvalue weighted by Crippen LogP contribution is 2.36. The van der Waals surface area contributed by atoms with Crippen LogP contribution in [0.25, 0.3) is 39.2 Å². The fourth-order valence-electron chi connectivity index (χ4n) is 5.88. The molecule has 0 radical (unpaired) electrons. The van der Waals surface area contributed by atoms with E-state index in [1.807, 2.05) is 28.9 Å². The Labute approximate surface area is 208 Å². The molecule has 6 heterocycles. The van der Waals surface area contributed by atoms with Crippen molar-refractivity contribution in [1.29, 1.82) is 0 Å². The van der Waals surface area contributed by atoms with Gasteiger partial charge >= 0.3 is 0 Å². The van der Waals surface area contributed by atoms with Gasteiger partial charge in [0.1, 0.15) is 23.0 Å². The van der Waals surface area contributed by atoms with Crippen molar-refractivity contribution in [2.75, 3.05) is 31.1 Å². The summed E-state index contributed by atoms with van der Waals surface area (Å²) in [5.41, 5.74) is 5.09. The van der Waals surface area contributed by atoms with Gasteiger partial charge in [0, 0.05) is 48.0 Å². The molecule has 0 aliphatic carbocycles. The van der Waals surface area contributed by atoms with E-state index in [1.54, 1.807) is 18.3 Å². The molecule has 2 fully saturated rings. The van der Waals surface area contributed by atoms with E-state index >= 15 is 0 Å². The molecule has 2 aliphatic heterocycles. The van der Waals surface area contributed by atoms with E-state index in [-0.39, 0.29) is 5.82 Å². The maximum absolute atomic E-state index is 13.7. The van der Waals surface area contributed by atoms with Crippen LogP contribution in [0.5, 0.6) is 0 Å². The summed E-state index contributed by atoms with van der Waals surface area (Å²) >= 11 is 0. The molecule has 4 aromatic heterocycles. The first-order valence-corrected chi connectivity index (χ1v) is 12.8. The molecule has 0 spiro atoms. The summed E-state index contributed by atoms with van der Waals surface area (Å²) in [4.78, 5) is 17.7. The van der Waals surface area contributed by atoms with Gasteiger partial charge in [-0.1, -0.05) is 0 Å². The highest BCUT2D eigenvalue weighted by Gasteiger charge is 2.27. The van der Waals surface area contributed by atoms with E-state index in [0.29, 0.717) is 6.04 Å². The van der Waals surface area contributed by atoms with Gasteiger partial charge in [0.25, 0.3) is 0 Å². The normalized spacial score (nSPS) is 17.5. The molecule has 0 amide bonds. The van der Waals surface area contributed by atoms with Crippen molar-refractivity contribution in [1.82, 2.24) is 29.5 Å². The number of fused-ring (bicyclic) bond motifs is 2. The van der Waals surface area contributed by atoms with E-state index in [2.05, 4.69) is 25.8 Å². The van der Waals surface area contributed by atoms with Crippen molar-refractivity contribution < 1.29 is 4.39 Å². The van der Waals surface area contributed by atoms with Crippen molar-refractivity contribution in [2.45, 2.75) is 31.7 Å². The number of aromatic nitrogens is 5. The minimum atomic E-state index is -0.265. The molecule has 182 valence electrons. The number of rotatable bonds is 4. The van der Waals surface area contributed by atoms with Crippen LogP contribution < -0.4 is 4.90 Å². The Balaban J connectivity index is 1.32. The van der Waals surface area contributed by atoms with E-state index in [9.17, 15) is 4.39 Å². The largest absolute Gasteiger partial charge is 0.355 e. The number of pyridine rings is 1. The number of likely N-dealkylation sites (tertiary alicyclic amines) is 1. The Morgan fingerprint density at radius 1 is 0.889 bits per heavy atom. The standard InChI is InChI=1S/C28H28FN7/c29-20-5-3-19(4-6-20)26-27(22-9-13-30-28-23(22)10-14-31-28)36-24(32-26)7-8-25(33-36)35-17-11-21(12-18-35)34-15-1-2-16-34/h3-10,13-14,21H,1-2,11-12,15-18H2,(H,30,31). The van der Waals surface area contributed by atoms with Crippen LogP contribution in [0.2, 0.25) is 0 Å². The monoisotopic (exact) mass is 481 g/mol. The molecule has 0 atom stereocenters. The predicted octanol–water partition coefficient (Wildman–Crippen LogP) is 5.14. The van der Waals surface area contributed by atoms with Crippen molar-refractivity contribution in [3.05, 3.63) is 66.7 Å². The van der Waals surface area contributed by atoms with Crippen molar-refractivity contribution in [2.24, 2.45) is 0 Å². The molecule has 1 N–H and O–H groups in total. The Morgan fingerprint density at radius 2 is 1.69 bits per heavy atom. The molecule has 0 saturated carbocycles. The maximum atomic E-state index is 13.7. The van der Waals surface area contributed by atoms with Crippen molar-refractivity contribution in [3.63, 3.8) is 0 Å². The number of anilines is 1. The molecular formula is C28H28FN7. The molecular weight excluding hydrogens is 453 g/mol. The molecule has 2 aliphatic rings. The van der Waals surface area contributed by atoms with Crippen LogP contribution in [-0.4, -0.2) is 61.7 Å². The molecule has 7 nitrogen and oxygen atoms in total. The molecule has 0 bridgehead atoms. The van der Waals surface area contributed by atoms with E-state index in [0.717, 1.165) is 58.1 Å². The zero-order valence-corrected chi connectivity index (χ0v) is 20.1. The van der Waals surface area contributed by atoms with Crippen LogP contribution in [0.4, 0.5) is 10.2 Å². The van der Waals surface area contributed by atoms with Gasteiger partial charge in [0.05, 0.1) is 5.69 Å². The van der Waals surface area contributed by atoms with Crippen LogP contribution in [0.3, 0.4) is 0 Å². The fourth-order valence-corrected chi connectivity index (χ4v) is 5.88. The number of imidazole rings is 1. The Morgan fingerprint density at radius 3 is 2.50 bits per heavy atom. The topological polar surface area (TPSA) is 65.3 Å². The SMILES string of the molecule is Fc1ccc(-c2nc3ccc(N4CCC(N5CCCC5)CC4)nn3c2-c2ccnc3[nH]ccc23)cc1. The number of nitrogens with zero attached hydrogens (tertiary/aromatic N) is 6. The van der Waals surface area contributed by atoms with E-state index in [4.69, 9.17) is 10.1 Å². The lowest BCUT2D eigenvalue weighted by Crippen LogP contribution is -2.44. The zero-order valence-electron chi connectivity index (χ0n) is 20.1. The van der Waals surface area contributed by atoms with Gasteiger partial charge in [-0.2, -0.15) is 0 Å². The highest BCUT2D eigenvalue weighted by molar-refractivity contribution is 5.96. The van der Waals surface area contributed by atoms with Gasteiger partial charge in [0.2, 0.25) is 0 Å². The lowest BCUT2D eigenvalue weighted by atomic mass is 10.0. The molecule has 8 heteroatoms. The summed E-state index contributed by atoms with van der Waals surface area (Å²) in [7, 11) is 0. The number of benzene rings is 1. The highest BCUT2D eigenvalue weighted by atomic mass is 19.1. The first-order chi connectivity index (χ1) is 17.7. The quantitative estimate of drug-likeness (QED) is 0.385. The fraction of sp³-hybridized carbons (Fsp3) is 0.321. The van der Waals surface area contributed by atoms with Crippen molar-refractivity contribution in [3.8, 4) is 22.5 Å². The summed E-state index contributed by atoms with van der Waals surface area (Å²) in [6.45, 7) is 4.51. The number of nitrogens with one attached hydrogen (secondary N) is 1. The molecule has 1 aromatic carbocycles. The Kier molecular flexibility index (Phi) is 5.20. The minimum absolute atomic E-state index is 0.265. The Bertz CT molecular complexity index is 1520. The van der Waals surface area contributed by atoms with Crippen LogP contribution in [0.15, 0.2) is 60.9 Å². The second-order valence-electron chi connectivity index (χ2n) is 9.84. The van der Waals surface area contributed by atoms with Gasteiger partial charge in [-0.3, -0.25) is 0 Å². The maximum Gasteiger partial charge on any atom is 0.155 e. The van der Waals surface area contributed by atoms with Crippen LogP contribution in [0.1, 0.15) is 25.7 Å². The third-order valence-corrected chi connectivity index (χ3v) is 7.74. The molecule has 7 rings (SSSR count). The van der Waals surface area contributed by atoms with Crippen molar-refractivity contribution >= 4 is 22.5 Å². The number of H-pyrrole nitrogens is 1. The Hall–Kier alpha value is -3.78. The van der Waals surface area contributed by atoms with E-state index < -0.39 is 0 Å². The average Bonchev–Trinajstić information content (AvgIpc) is 3.69. The lowest BCUT2D eigenvalue weighted by molar-refractivity contribution is 0.207. The summed E-state index contributed by atoms with van der Waals surface area (Å²) in [6.07, 6.45) is 8.71. The van der Waals surface area contributed by atoms with Gasteiger partial charge in [-0.15, -0.1) is 5.10 Å². The predicted molar refractivity (Wildman–Crippen MR) is 140 cm³/mol. The first kappa shape index (κ1) is 21.5. The third kappa shape index (κ3) is 3.64. The molecule has 5 aromatic rings. The summed E-state index contributed by atoms with van der Waals surface area (Å²) in [5, 5.41) is 6.12. The summed E-state index contributed by atoms with van der Waals surface area (Å²) in [5.74, 6) is 0.699. The molecule has 36 heavy (non-hydrogen) atoms. The number of aromatic amines is 1. The third-order valence-electron chi connectivity index (χ3n) is 7.74. The van der Waals surface area contributed by atoms with Crippen LogP contribution in [-0.2, 0) is 0 Å². The minimum Gasteiger partial charge on any atom is -0.355 e. The van der Waals surface area contributed by atoms with Crippen LogP contribution in [0, 0.1) is 5.82 Å². The first-order valence-electron chi connectivity index (χ1n) is 12.8. The molecule has 0 unspecified atom stereocenters. The lowest BCUT2D eigenvalue weighted by Gasteiger charge is -2.37. The van der Waals surface area contributed by atoms with E-state index in [1.165, 1.54) is 50.9 Å². The average molecular weight is 482 g/mol. The second-order valence-corrected chi connectivity index (χ2v) is 9.84. The smallest absolute Gasteiger partial charge is 0.155 e. The zero-order chi connectivity index (χ0) is 24.1. The number of piperidine rings is 1. The summed E-state index contributed by atoms with van der Waals surface area (Å²) in [6, 6.07) is 15.4. The number of halogens is 1. The van der Waals surface area contributed by atoms with Crippen LogP contribution >= 0.6 is 0 Å². The van der Waals surface area contributed by atoms with Gasteiger partial charge in [-0.05, 0) is 87.3 Å². The second kappa shape index (κ2) is 8.71.